The molecule has 1 saturated heterocycles. The number of halogens is 1. The van der Waals surface area contributed by atoms with Crippen LogP contribution in [0.2, 0.25) is 5.02 Å². The highest BCUT2D eigenvalue weighted by Crippen LogP contribution is 2.25. The summed E-state index contributed by atoms with van der Waals surface area (Å²) in [6, 6.07) is 14.3. The van der Waals surface area contributed by atoms with Crippen molar-refractivity contribution in [3.8, 4) is 6.07 Å². The summed E-state index contributed by atoms with van der Waals surface area (Å²) >= 11 is 5.99. The van der Waals surface area contributed by atoms with E-state index in [1.807, 2.05) is 18.2 Å². The van der Waals surface area contributed by atoms with Gasteiger partial charge in [-0.1, -0.05) is 23.7 Å². The van der Waals surface area contributed by atoms with Crippen LogP contribution in [0.25, 0.3) is 0 Å². The summed E-state index contributed by atoms with van der Waals surface area (Å²) in [5.74, 6) is 0. The Labute approximate surface area is 153 Å². The monoisotopic (exact) mass is 375 g/mol. The molecule has 0 amide bonds. The normalized spacial score (nSPS) is 15.8. The number of benzene rings is 2. The molecule has 0 spiro atoms. The zero-order valence-electron chi connectivity index (χ0n) is 13.8. The predicted molar refractivity (Wildman–Crippen MR) is 98.3 cm³/mol. The zero-order chi connectivity index (χ0) is 18.0. The van der Waals surface area contributed by atoms with E-state index in [4.69, 9.17) is 11.6 Å². The van der Waals surface area contributed by atoms with Crippen molar-refractivity contribution in [3.05, 3.63) is 58.6 Å². The molecular weight excluding hydrogens is 358 g/mol. The second-order valence-electron chi connectivity index (χ2n) is 5.93. The minimum Gasteiger partial charge on any atom is -0.368 e. The van der Waals surface area contributed by atoms with Gasteiger partial charge in [-0.25, -0.2) is 8.42 Å². The Morgan fingerprint density at radius 3 is 2.40 bits per heavy atom. The molecule has 1 heterocycles. The summed E-state index contributed by atoms with van der Waals surface area (Å²) in [4.78, 5) is 2.32. The molecular formula is C18H18ClN3O2S. The molecule has 0 unspecified atom stereocenters. The van der Waals surface area contributed by atoms with Crippen LogP contribution in [0, 0.1) is 18.3 Å². The molecule has 0 N–H and O–H groups in total. The van der Waals surface area contributed by atoms with Crippen molar-refractivity contribution in [1.82, 2.24) is 4.31 Å². The van der Waals surface area contributed by atoms with Crippen LogP contribution in [0.3, 0.4) is 0 Å². The van der Waals surface area contributed by atoms with Crippen LogP contribution in [0.5, 0.6) is 0 Å². The van der Waals surface area contributed by atoms with Crippen LogP contribution in [0.4, 0.5) is 5.69 Å². The van der Waals surface area contributed by atoms with Crippen molar-refractivity contribution in [1.29, 1.82) is 5.26 Å². The number of nitriles is 1. The molecule has 0 atom stereocenters. The SMILES string of the molecule is Cc1cc(S(=O)(=O)N2CCN(c3ccccc3C#N)CC2)ccc1Cl. The van der Waals surface area contributed by atoms with Gasteiger partial charge in [-0.05, 0) is 42.8 Å². The fraction of sp³-hybridized carbons (Fsp3) is 0.278. The first-order valence-corrected chi connectivity index (χ1v) is 9.75. The Bertz CT molecular complexity index is 930. The maximum absolute atomic E-state index is 12.8. The third kappa shape index (κ3) is 3.49. The minimum atomic E-state index is -3.54. The number of anilines is 1. The highest BCUT2D eigenvalue weighted by molar-refractivity contribution is 7.89. The number of hydrogen-bond acceptors (Lipinski definition) is 4. The van der Waals surface area contributed by atoms with Crippen LogP contribution in [0.15, 0.2) is 47.4 Å². The Balaban J connectivity index is 1.77. The molecule has 0 radical (unpaired) electrons. The summed E-state index contributed by atoms with van der Waals surface area (Å²) in [5, 5.41) is 9.79. The van der Waals surface area contributed by atoms with E-state index in [0.717, 1.165) is 11.3 Å². The average Bonchev–Trinajstić information content (AvgIpc) is 2.64. The molecule has 25 heavy (non-hydrogen) atoms. The molecule has 0 aliphatic carbocycles. The van der Waals surface area contributed by atoms with E-state index in [0.29, 0.717) is 36.8 Å². The number of piperazine rings is 1. The molecule has 7 heteroatoms. The Hall–Kier alpha value is -2.07. The molecule has 2 aromatic rings. The van der Waals surface area contributed by atoms with Crippen molar-refractivity contribution in [2.75, 3.05) is 31.1 Å². The third-order valence-electron chi connectivity index (χ3n) is 4.37. The van der Waals surface area contributed by atoms with Gasteiger partial charge in [-0.2, -0.15) is 9.57 Å². The molecule has 1 aliphatic heterocycles. The molecule has 1 aliphatic rings. The lowest BCUT2D eigenvalue weighted by Crippen LogP contribution is -2.48. The van der Waals surface area contributed by atoms with Gasteiger partial charge in [0.2, 0.25) is 10.0 Å². The quantitative estimate of drug-likeness (QED) is 0.827. The van der Waals surface area contributed by atoms with Gasteiger partial charge in [0.15, 0.2) is 0 Å². The van der Waals surface area contributed by atoms with Gasteiger partial charge < -0.3 is 4.90 Å². The van der Waals surface area contributed by atoms with Gasteiger partial charge in [-0.15, -0.1) is 0 Å². The van der Waals surface area contributed by atoms with E-state index in [2.05, 4.69) is 11.0 Å². The Morgan fingerprint density at radius 1 is 1.08 bits per heavy atom. The second-order valence-corrected chi connectivity index (χ2v) is 8.28. The summed E-state index contributed by atoms with van der Waals surface area (Å²) in [5.41, 5.74) is 2.20. The number of rotatable bonds is 3. The Kier molecular flexibility index (Phi) is 5.00. The van der Waals surface area contributed by atoms with Crippen LogP contribution >= 0.6 is 11.6 Å². The minimum absolute atomic E-state index is 0.264. The van der Waals surface area contributed by atoms with E-state index in [-0.39, 0.29) is 4.90 Å². The van der Waals surface area contributed by atoms with Crippen LogP contribution in [0.1, 0.15) is 11.1 Å². The average molecular weight is 376 g/mol. The highest BCUT2D eigenvalue weighted by atomic mass is 35.5. The fourth-order valence-electron chi connectivity index (χ4n) is 2.94. The predicted octanol–water partition coefficient (Wildman–Crippen LogP) is 3.03. The summed E-state index contributed by atoms with van der Waals surface area (Å²) in [7, 11) is -3.54. The molecule has 3 rings (SSSR count). The third-order valence-corrected chi connectivity index (χ3v) is 6.69. The summed E-state index contributed by atoms with van der Waals surface area (Å²) < 4.78 is 27.1. The van der Waals surface area contributed by atoms with Crippen LogP contribution < -0.4 is 4.90 Å². The fourth-order valence-corrected chi connectivity index (χ4v) is 4.57. The van der Waals surface area contributed by atoms with E-state index in [1.165, 1.54) is 4.31 Å². The topological polar surface area (TPSA) is 64.4 Å². The van der Waals surface area contributed by atoms with Gasteiger partial charge in [0, 0.05) is 31.2 Å². The number of para-hydroxylation sites is 1. The standard InChI is InChI=1S/C18H18ClN3O2S/c1-14-12-16(6-7-17(14)19)25(23,24)22-10-8-21(9-11-22)18-5-3-2-4-15(18)13-20/h2-7,12H,8-11H2,1H3. The lowest BCUT2D eigenvalue weighted by atomic mass is 10.1. The van der Waals surface area contributed by atoms with Crippen molar-refractivity contribution < 1.29 is 8.42 Å². The summed E-state index contributed by atoms with van der Waals surface area (Å²) in [6.07, 6.45) is 0. The van der Waals surface area contributed by atoms with E-state index >= 15 is 0 Å². The maximum Gasteiger partial charge on any atom is 0.243 e. The number of sulfonamides is 1. The molecule has 0 aromatic heterocycles. The first-order valence-electron chi connectivity index (χ1n) is 7.94. The number of aryl methyl sites for hydroxylation is 1. The van der Waals surface area contributed by atoms with Crippen molar-refractivity contribution in [2.24, 2.45) is 0 Å². The molecule has 1 fully saturated rings. The lowest BCUT2D eigenvalue weighted by Gasteiger charge is -2.35. The van der Waals surface area contributed by atoms with Gasteiger partial charge in [0.25, 0.3) is 0 Å². The molecule has 5 nitrogen and oxygen atoms in total. The summed E-state index contributed by atoms with van der Waals surface area (Å²) in [6.45, 7) is 3.64. The molecule has 130 valence electrons. The molecule has 0 bridgehead atoms. The first kappa shape index (κ1) is 17.7. The van der Waals surface area contributed by atoms with Gasteiger partial charge in [0.05, 0.1) is 16.1 Å². The highest BCUT2D eigenvalue weighted by Gasteiger charge is 2.29. The lowest BCUT2D eigenvalue weighted by molar-refractivity contribution is 0.385. The van der Waals surface area contributed by atoms with E-state index < -0.39 is 10.0 Å². The largest absolute Gasteiger partial charge is 0.368 e. The first-order chi connectivity index (χ1) is 11.9. The van der Waals surface area contributed by atoms with Gasteiger partial charge in [0.1, 0.15) is 6.07 Å². The van der Waals surface area contributed by atoms with Crippen molar-refractivity contribution in [3.63, 3.8) is 0 Å². The van der Waals surface area contributed by atoms with Crippen molar-refractivity contribution in [2.45, 2.75) is 11.8 Å². The van der Waals surface area contributed by atoms with Crippen molar-refractivity contribution >= 4 is 27.3 Å². The van der Waals surface area contributed by atoms with Gasteiger partial charge >= 0.3 is 0 Å². The zero-order valence-corrected chi connectivity index (χ0v) is 15.4. The maximum atomic E-state index is 12.8. The van der Waals surface area contributed by atoms with E-state index in [9.17, 15) is 13.7 Å². The smallest absolute Gasteiger partial charge is 0.243 e. The van der Waals surface area contributed by atoms with Crippen LogP contribution in [-0.2, 0) is 10.0 Å². The molecule has 0 saturated carbocycles. The molecule has 2 aromatic carbocycles. The van der Waals surface area contributed by atoms with E-state index in [1.54, 1.807) is 31.2 Å². The second kappa shape index (κ2) is 7.04. The number of nitrogens with zero attached hydrogens (tertiary/aromatic N) is 3. The number of hydrogen-bond donors (Lipinski definition) is 0. The van der Waals surface area contributed by atoms with Crippen LogP contribution in [-0.4, -0.2) is 38.9 Å². The Morgan fingerprint density at radius 2 is 1.76 bits per heavy atom. The van der Waals surface area contributed by atoms with Gasteiger partial charge in [-0.3, -0.25) is 0 Å².